The Morgan fingerprint density at radius 3 is 2.14 bits per heavy atom. The van der Waals surface area contributed by atoms with Crippen LogP contribution in [0.3, 0.4) is 0 Å². The molecule has 1 amide bonds. The lowest BCUT2D eigenvalue weighted by Gasteiger charge is -2.34. The van der Waals surface area contributed by atoms with Crippen LogP contribution in [0.5, 0.6) is 0 Å². The molecule has 0 radical (unpaired) electrons. The quantitative estimate of drug-likeness (QED) is 0.624. The number of sulfonamides is 1. The van der Waals surface area contributed by atoms with Gasteiger partial charge in [-0.05, 0) is 17.7 Å². The maximum Gasteiger partial charge on any atom is 0.241 e. The van der Waals surface area contributed by atoms with Crippen molar-refractivity contribution in [2.75, 3.05) is 44.2 Å². The van der Waals surface area contributed by atoms with Crippen LogP contribution in [0.1, 0.15) is 5.56 Å². The van der Waals surface area contributed by atoms with Crippen molar-refractivity contribution in [1.82, 2.24) is 9.21 Å². The Balaban J connectivity index is 1.56. The van der Waals surface area contributed by atoms with Gasteiger partial charge in [0.25, 0.3) is 0 Å². The Kier molecular flexibility index (Phi) is 7.19. The number of carbonyl (C=O) groups is 1. The van der Waals surface area contributed by atoms with E-state index in [0.717, 1.165) is 11.3 Å². The van der Waals surface area contributed by atoms with Gasteiger partial charge in [-0.15, -0.1) is 6.58 Å². The average Bonchev–Trinajstić information content (AvgIpc) is 2.73. The highest BCUT2D eigenvalue weighted by atomic mass is 32.2. The number of piperazine rings is 1. The van der Waals surface area contributed by atoms with Crippen LogP contribution in [0, 0.1) is 0 Å². The van der Waals surface area contributed by atoms with Crippen LogP contribution < -0.4 is 4.90 Å². The minimum atomic E-state index is -3.36. The largest absolute Gasteiger partial charge is 0.308 e. The maximum atomic E-state index is 12.8. The smallest absolute Gasteiger partial charge is 0.241 e. The molecule has 0 aliphatic carbocycles. The van der Waals surface area contributed by atoms with E-state index < -0.39 is 10.0 Å². The molecular weight excluding hydrogens is 386 g/mol. The SMILES string of the molecule is C=CCN(C(=O)CN1CCN(S(=O)(=O)Cc2ccccc2)CC1)c1ccccc1. The summed E-state index contributed by atoms with van der Waals surface area (Å²) in [5.74, 6) is -0.00912. The van der Waals surface area contributed by atoms with Crippen molar-refractivity contribution in [3.63, 3.8) is 0 Å². The molecule has 0 atom stereocenters. The average molecular weight is 414 g/mol. The second kappa shape index (κ2) is 9.82. The Bertz CT molecular complexity index is 909. The zero-order valence-corrected chi connectivity index (χ0v) is 17.3. The van der Waals surface area contributed by atoms with Gasteiger partial charge in [-0.2, -0.15) is 4.31 Å². The second-order valence-electron chi connectivity index (χ2n) is 7.05. The zero-order chi connectivity index (χ0) is 20.7. The Morgan fingerprint density at radius 2 is 1.55 bits per heavy atom. The summed E-state index contributed by atoms with van der Waals surface area (Å²) in [6.45, 7) is 6.32. The van der Waals surface area contributed by atoms with Gasteiger partial charge >= 0.3 is 0 Å². The van der Waals surface area contributed by atoms with Gasteiger partial charge in [-0.25, -0.2) is 8.42 Å². The first-order valence-electron chi connectivity index (χ1n) is 9.70. The van der Waals surface area contributed by atoms with Crippen LogP contribution >= 0.6 is 0 Å². The third-order valence-electron chi connectivity index (χ3n) is 4.96. The van der Waals surface area contributed by atoms with E-state index in [0.29, 0.717) is 32.7 Å². The van der Waals surface area contributed by atoms with Crippen LogP contribution in [0.4, 0.5) is 5.69 Å². The van der Waals surface area contributed by atoms with E-state index in [2.05, 4.69) is 6.58 Å². The second-order valence-corrected chi connectivity index (χ2v) is 9.01. The lowest BCUT2D eigenvalue weighted by molar-refractivity contribution is -0.119. The number of carbonyl (C=O) groups excluding carboxylic acids is 1. The van der Waals surface area contributed by atoms with Crippen molar-refractivity contribution < 1.29 is 13.2 Å². The molecule has 0 bridgehead atoms. The molecule has 0 N–H and O–H groups in total. The van der Waals surface area contributed by atoms with E-state index in [9.17, 15) is 13.2 Å². The third-order valence-corrected chi connectivity index (χ3v) is 6.81. The molecule has 0 spiro atoms. The Labute approximate surface area is 173 Å². The fraction of sp³-hybridized carbons (Fsp3) is 0.318. The number of anilines is 1. The van der Waals surface area contributed by atoms with Gasteiger partial charge in [0.1, 0.15) is 0 Å². The van der Waals surface area contributed by atoms with Crippen molar-refractivity contribution in [2.45, 2.75) is 5.75 Å². The number of rotatable bonds is 8. The van der Waals surface area contributed by atoms with Crippen molar-refractivity contribution in [3.05, 3.63) is 78.9 Å². The molecule has 2 aromatic rings. The van der Waals surface area contributed by atoms with Gasteiger partial charge in [0.15, 0.2) is 0 Å². The molecule has 29 heavy (non-hydrogen) atoms. The molecule has 154 valence electrons. The lowest BCUT2D eigenvalue weighted by Crippen LogP contribution is -2.51. The molecule has 1 aliphatic rings. The molecule has 0 unspecified atom stereocenters. The number of para-hydroxylation sites is 1. The molecule has 0 saturated carbocycles. The van der Waals surface area contributed by atoms with E-state index in [-0.39, 0.29) is 18.2 Å². The molecule has 3 rings (SSSR count). The molecule has 1 saturated heterocycles. The van der Waals surface area contributed by atoms with E-state index >= 15 is 0 Å². The summed E-state index contributed by atoms with van der Waals surface area (Å²) in [5, 5.41) is 0. The minimum absolute atomic E-state index is 0.00783. The molecule has 0 aromatic heterocycles. The fourth-order valence-electron chi connectivity index (χ4n) is 3.41. The van der Waals surface area contributed by atoms with Crippen molar-refractivity contribution in [3.8, 4) is 0 Å². The molecular formula is C22H27N3O3S. The summed E-state index contributed by atoms with van der Waals surface area (Å²) in [7, 11) is -3.36. The number of amides is 1. The van der Waals surface area contributed by atoms with E-state index in [1.54, 1.807) is 11.0 Å². The monoisotopic (exact) mass is 413 g/mol. The summed E-state index contributed by atoms with van der Waals surface area (Å²) in [6, 6.07) is 18.7. The predicted molar refractivity (Wildman–Crippen MR) is 116 cm³/mol. The van der Waals surface area contributed by atoms with Gasteiger partial charge in [0.2, 0.25) is 15.9 Å². The van der Waals surface area contributed by atoms with E-state index in [1.165, 1.54) is 4.31 Å². The molecule has 1 aliphatic heterocycles. The van der Waals surface area contributed by atoms with Gasteiger partial charge < -0.3 is 4.90 Å². The highest BCUT2D eigenvalue weighted by molar-refractivity contribution is 7.88. The summed E-state index contributed by atoms with van der Waals surface area (Å²) >= 11 is 0. The zero-order valence-electron chi connectivity index (χ0n) is 16.5. The van der Waals surface area contributed by atoms with Gasteiger partial charge in [0, 0.05) is 38.4 Å². The number of nitrogens with zero attached hydrogens (tertiary/aromatic N) is 3. The standard InChI is InChI=1S/C22H27N3O3S/c1-2-13-25(21-11-7-4-8-12-21)22(26)18-23-14-16-24(17-15-23)29(27,28)19-20-9-5-3-6-10-20/h2-12H,1,13-19H2. The molecule has 6 nitrogen and oxygen atoms in total. The van der Waals surface area contributed by atoms with Crippen LogP contribution in [0.25, 0.3) is 0 Å². The first-order valence-corrected chi connectivity index (χ1v) is 11.3. The van der Waals surface area contributed by atoms with E-state index in [4.69, 9.17) is 0 Å². The number of benzene rings is 2. The number of hydrogen-bond acceptors (Lipinski definition) is 4. The summed E-state index contributed by atoms with van der Waals surface area (Å²) in [4.78, 5) is 16.5. The molecule has 7 heteroatoms. The fourth-order valence-corrected chi connectivity index (χ4v) is 4.92. The van der Waals surface area contributed by atoms with Crippen LogP contribution in [-0.4, -0.2) is 62.8 Å². The van der Waals surface area contributed by atoms with Gasteiger partial charge in [0.05, 0.1) is 12.3 Å². The highest BCUT2D eigenvalue weighted by Gasteiger charge is 2.28. The van der Waals surface area contributed by atoms with E-state index in [1.807, 2.05) is 65.6 Å². The van der Waals surface area contributed by atoms with Gasteiger partial charge in [-0.1, -0.05) is 54.6 Å². The van der Waals surface area contributed by atoms with Crippen molar-refractivity contribution >= 4 is 21.6 Å². The normalized spacial score (nSPS) is 15.7. The summed E-state index contributed by atoms with van der Waals surface area (Å²) in [6.07, 6.45) is 1.71. The van der Waals surface area contributed by atoms with Crippen LogP contribution in [0.15, 0.2) is 73.3 Å². The summed E-state index contributed by atoms with van der Waals surface area (Å²) in [5.41, 5.74) is 1.62. The minimum Gasteiger partial charge on any atom is -0.308 e. The first kappa shape index (κ1) is 21.2. The Hall–Kier alpha value is -2.48. The van der Waals surface area contributed by atoms with Crippen molar-refractivity contribution in [1.29, 1.82) is 0 Å². The van der Waals surface area contributed by atoms with Gasteiger partial charge in [-0.3, -0.25) is 9.69 Å². The number of hydrogen-bond donors (Lipinski definition) is 0. The van der Waals surface area contributed by atoms with Crippen LogP contribution in [-0.2, 0) is 20.6 Å². The predicted octanol–water partition coefficient (Wildman–Crippen LogP) is 2.35. The Morgan fingerprint density at radius 1 is 0.966 bits per heavy atom. The third kappa shape index (κ3) is 5.76. The molecule has 1 fully saturated rings. The molecule has 2 aromatic carbocycles. The lowest BCUT2D eigenvalue weighted by atomic mass is 10.2. The van der Waals surface area contributed by atoms with Crippen LogP contribution in [0.2, 0.25) is 0 Å². The maximum absolute atomic E-state index is 12.8. The van der Waals surface area contributed by atoms with Crippen molar-refractivity contribution in [2.24, 2.45) is 0 Å². The molecule has 1 heterocycles. The topological polar surface area (TPSA) is 60.9 Å². The highest BCUT2D eigenvalue weighted by Crippen LogP contribution is 2.16. The summed E-state index contributed by atoms with van der Waals surface area (Å²) < 4.78 is 26.9. The first-order chi connectivity index (χ1) is 14.0.